The van der Waals surface area contributed by atoms with Crippen molar-refractivity contribution in [3.63, 3.8) is 0 Å². The Kier molecular flexibility index (Phi) is 8.77. The van der Waals surface area contributed by atoms with E-state index >= 15 is 0 Å². The van der Waals surface area contributed by atoms with Crippen LogP contribution in [0.3, 0.4) is 0 Å². The molecule has 1 amide bonds. The zero-order valence-corrected chi connectivity index (χ0v) is 20.4. The fourth-order valence-electron chi connectivity index (χ4n) is 3.04. The maximum atomic E-state index is 14.5. The van der Waals surface area contributed by atoms with Crippen LogP contribution >= 0.6 is 23.4 Å². The maximum Gasteiger partial charge on any atom is 0.264 e. The van der Waals surface area contributed by atoms with E-state index in [1.54, 1.807) is 23.9 Å². The van der Waals surface area contributed by atoms with Gasteiger partial charge in [0.2, 0.25) is 5.91 Å². The van der Waals surface area contributed by atoms with Gasteiger partial charge in [-0.1, -0.05) is 59.6 Å². The lowest BCUT2D eigenvalue weighted by Gasteiger charge is -2.24. The zero-order valence-electron chi connectivity index (χ0n) is 18.0. The Morgan fingerprint density at radius 3 is 2.39 bits per heavy atom. The molecule has 0 bridgehead atoms. The molecule has 0 aliphatic heterocycles. The molecule has 9 heteroatoms. The average molecular weight is 507 g/mol. The Morgan fingerprint density at radius 1 is 1.03 bits per heavy atom. The molecule has 3 aromatic rings. The second-order valence-electron chi connectivity index (χ2n) is 7.27. The molecule has 33 heavy (non-hydrogen) atoms. The summed E-state index contributed by atoms with van der Waals surface area (Å²) >= 11 is 7.73. The molecule has 3 rings (SSSR count). The number of rotatable bonds is 10. The summed E-state index contributed by atoms with van der Waals surface area (Å²) < 4.78 is 41.8. The third-order valence-corrected chi connectivity index (χ3v) is 7.95. The van der Waals surface area contributed by atoms with Crippen molar-refractivity contribution in [1.29, 1.82) is 0 Å². The summed E-state index contributed by atoms with van der Waals surface area (Å²) in [4.78, 5) is 12.6. The third kappa shape index (κ3) is 6.72. The van der Waals surface area contributed by atoms with Crippen molar-refractivity contribution in [2.24, 2.45) is 0 Å². The van der Waals surface area contributed by atoms with Gasteiger partial charge in [-0.25, -0.2) is 12.8 Å². The van der Waals surface area contributed by atoms with Gasteiger partial charge in [-0.3, -0.25) is 9.10 Å². The number of carbonyl (C=O) groups is 1. The lowest BCUT2D eigenvalue weighted by molar-refractivity contribution is -0.119. The minimum atomic E-state index is -4.15. The molecule has 174 valence electrons. The molecule has 0 unspecified atom stereocenters. The SMILES string of the molecule is Cc1ccc(S(=O)(=O)N(CC(=O)NCCSCc2ccccc2Cl)c2ccccc2F)cc1. The van der Waals surface area contributed by atoms with Gasteiger partial charge in [-0.2, -0.15) is 11.8 Å². The van der Waals surface area contributed by atoms with Crippen molar-refractivity contribution in [2.45, 2.75) is 17.6 Å². The summed E-state index contributed by atoms with van der Waals surface area (Å²) in [7, 11) is -4.15. The molecule has 3 aromatic carbocycles. The smallest absolute Gasteiger partial charge is 0.264 e. The normalized spacial score (nSPS) is 11.2. The lowest BCUT2D eigenvalue weighted by atomic mass is 10.2. The van der Waals surface area contributed by atoms with Gasteiger partial charge >= 0.3 is 0 Å². The minimum Gasteiger partial charge on any atom is -0.354 e. The molecular weight excluding hydrogens is 483 g/mol. The minimum absolute atomic E-state index is 0.0144. The van der Waals surface area contributed by atoms with E-state index in [1.807, 2.05) is 31.2 Å². The van der Waals surface area contributed by atoms with Gasteiger partial charge in [0.15, 0.2) is 0 Å². The quantitative estimate of drug-likeness (QED) is 0.391. The molecule has 0 heterocycles. The number of nitrogens with zero attached hydrogens (tertiary/aromatic N) is 1. The molecule has 0 saturated carbocycles. The van der Waals surface area contributed by atoms with Gasteiger partial charge in [0.05, 0.1) is 10.6 Å². The van der Waals surface area contributed by atoms with Crippen LogP contribution in [0.2, 0.25) is 5.02 Å². The Hall–Kier alpha value is -2.55. The number of amides is 1. The number of anilines is 1. The summed E-state index contributed by atoms with van der Waals surface area (Å²) in [6, 6.07) is 19.2. The van der Waals surface area contributed by atoms with Crippen LogP contribution in [0.1, 0.15) is 11.1 Å². The fraction of sp³-hybridized carbons (Fsp3) is 0.208. The molecule has 0 saturated heterocycles. The van der Waals surface area contributed by atoms with Crippen LogP contribution in [0.15, 0.2) is 77.7 Å². The fourth-order valence-corrected chi connectivity index (χ4v) is 5.61. The van der Waals surface area contributed by atoms with Crippen molar-refractivity contribution >= 4 is 45.0 Å². The standard InChI is InChI=1S/C24H24ClFN2O3S2/c1-18-10-12-20(13-11-18)33(30,31)28(23-9-5-4-8-22(23)26)16-24(29)27-14-15-32-17-19-6-2-3-7-21(19)25/h2-13H,14-17H2,1H3,(H,27,29). The second kappa shape index (κ2) is 11.5. The number of hydrogen-bond donors (Lipinski definition) is 1. The molecule has 0 fully saturated rings. The van der Waals surface area contributed by atoms with E-state index in [4.69, 9.17) is 11.6 Å². The summed E-state index contributed by atoms with van der Waals surface area (Å²) in [5.41, 5.74) is 1.71. The highest BCUT2D eigenvalue weighted by molar-refractivity contribution is 7.98. The van der Waals surface area contributed by atoms with Crippen molar-refractivity contribution in [1.82, 2.24) is 5.32 Å². The van der Waals surface area contributed by atoms with Crippen LogP contribution in [0, 0.1) is 12.7 Å². The van der Waals surface area contributed by atoms with E-state index in [2.05, 4.69) is 5.32 Å². The van der Waals surface area contributed by atoms with E-state index < -0.39 is 28.3 Å². The molecule has 1 N–H and O–H groups in total. The topological polar surface area (TPSA) is 66.5 Å². The first-order valence-electron chi connectivity index (χ1n) is 10.2. The molecular formula is C24H24ClFN2O3S2. The third-order valence-electron chi connectivity index (χ3n) is 4.80. The van der Waals surface area contributed by atoms with E-state index in [0.717, 1.165) is 21.5 Å². The average Bonchev–Trinajstić information content (AvgIpc) is 2.79. The van der Waals surface area contributed by atoms with Crippen LogP contribution < -0.4 is 9.62 Å². The lowest BCUT2D eigenvalue weighted by Crippen LogP contribution is -2.41. The maximum absolute atomic E-state index is 14.5. The van der Waals surface area contributed by atoms with Crippen LogP contribution in [0.25, 0.3) is 0 Å². The number of benzene rings is 3. The summed E-state index contributed by atoms with van der Waals surface area (Å²) in [6.07, 6.45) is 0. The Morgan fingerprint density at radius 2 is 1.70 bits per heavy atom. The monoisotopic (exact) mass is 506 g/mol. The molecule has 0 aromatic heterocycles. The second-order valence-corrected chi connectivity index (χ2v) is 10.6. The van der Waals surface area contributed by atoms with E-state index in [9.17, 15) is 17.6 Å². The molecule has 0 aliphatic rings. The first-order valence-corrected chi connectivity index (χ1v) is 13.2. The number of halogens is 2. The van der Waals surface area contributed by atoms with Gasteiger partial charge < -0.3 is 5.32 Å². The van der Waals surface area contributed by atoms with Gasteiger partial charge in [0.25, 0.3) is 10.0 Å². The molecule has 0 atom stereocenters. The summed E-state index contributed by atoms with van der Waals surface area (Å²) in [5.74, 6) is 0.0589. The number of nitrogens with one attached hydrogen (secondary N) is 1. The molecule has 5 nitrogen and oxygen atoms in total. The molecule has 0 radical (unpaired) electrons. The number of para-hydroxylation sites is 1. The van der Waals surface area contributed by atoms with Gasteiger partial charge in [0.1, 0.15) is 12.4 Å². The summed E-state index contributed by atoms with van der Waals surface area (Å²) in [6.45, 7) is 1.64. The highest BCUT2D eigenvalue weighted by Crippen LogP contribution is 2.26. The van der Waals surface area contributed by atoms with Crippen molar-refractivity contribution in [3.8, 4) is 0 Å². The van der Waals surface area contributed by atoms with Crippen LogP contribution in [0.4, 0.5) is 10.1 Å². The van der Waals surface area contributed by atoms with Gasteiger partial charge in [0, 0.05) is 23.1 Å². The Balaban J connectivity index is 1.66. The largest absolute Gasteiger partial charge is 0.354 e. The summed E-state index contributed by atoms with van der Waals surface area (Å²) in [5, 5.41) is 3.41. The zero-order chi connectivity index (χ0) is 23.8. The number of carbonyl (C=O) groups excluding carboxylic acids is 1. The predicted molar refractivity (Wildman–Crippen MR) is 133 cm³/mol. The van der Waals surface area contributed by atoms with E-state index in [1.165, 1.54) is 30.3 Å². The first kappa shape index (κ1) is 25.1. The Bertz CT molecular complexity index is 1200. The Labute approximate surface area is 203 Å². The number of aryl methyl sites for hydroxylation is 1. The van der Waals surface area contributed by atoms with Crippen LogP contribution in [0.5, 0.6) is 0 Å². The molecule has 0 aliphatic carbocycles. The molecule has 0 spiro atoms. The van der Waals surface area contributed by atoms with Gasteiger partial charge in [-0.05, 0) is 42.8 Å². The van der Waals surface area contributed by atoms with Crippen molar-refractivity contribution in [2.75, 3.05) is 23.1 Å². The van der Waals surface area contributed by atoms with Gasteiger partial charge in [-0.15, -0.1) is 0 Å². The first-order chi connectivity index (χ1) is 15.8. The van der Waals surface area contributed by atoms with E-state index in [-0.39, 0.29) is 10.6 Å². The number of hydrogen-bond acceptors (Lipinski definition) is 4. The van der Waals surface area contributed by atoms with E-state index in [0.29, 0.717) is 23.1 Å². The van der Waals surface area contributed by atoms with Crippen LogP contribution in [-0.2, 0) is 20.6 Å². The van der Waals surface area contributed by atoms with Crippen molar-refractivity contribution < 1.29 is 17.6 Å². The predicted octanol–water partition coefficient (Wildman–Crippen LogP) is 5.03. The number of sulfonamides is 1. The highest BCUT2D eigenvalue weighted by Gasteiger charge is 2.29. The number of thioether (sulfide) groups is 1. The van der Waals surface area contributed by atoms with Crippen LogP contribution in [-0.4, -0.2) is 33.2 Å². The highest BCUT2D eigenvalue weighted by atomic mass is 35.5. The van der Waals surface area contributed by atoms with Crippen molar-refractivity contribution in [3.05, 3.63) is 94.8 Å².